The maximum atomic E-state index is 15.2. The summed E-state index contributed by atoms with van der Waals surface area (Å²) in [5, 5.41) is 4.43. The number of alkyl halides is 3. The lowest BCUT2D eigenvalue weighted by Gasteiger charge is -2.36. The number of methoxy groups -OCH3 is 1. The van der Waals surface area contributed by atoms with Gasteiger partial charge in [0.1, 0.15) is 28.9 Å². The third-order valence-electron chi connectivity index (χ3n) is 7.06. The van der Waals surface area contributed by atoms with Gasteiger partial charge < -0.3 is 14.4 Å². The van der Waals surface area contributed by atoms with E-state index in [-0.39, 0.29) is 41.1 Å². The van der Waals surface area contributed by atoms with Crippen molar-refractivity contribution in [2.24, 2.45) is 7.05 Å². The van der Waals surface area contributed by atoms with E-state index in [1.165, 1.54) is 19.2 Å². The second-order valence-corrected chi connectivity index (χ2v) is 10.0. The first kappa shape index (κ1) is 26.2. The lowest BCUT2D eigenvalue weighted by Crippen LogP contribution is -2.44. The first-order valence-electron chi connectivity index (χ1n) is 12.7. The van der Waals surface area contributed by atoms with Gasteiger partial charge in [-0.3, -0.25) is 14.0 Å². The largest absolute Gasteiger partial charge is 0.497 e. The molecular weight excluding hydrogens is 534 g/mol. The van der Waals surface area contributed by atoms with Crippen LogP contribution in [0, 0.1) is 5.82 Å². The molecule has 2 unspecified atom stereocenters. The van der Waals surface area contributed by atoms with Crippen molar-refractivity contribution in [1.82, 2.24) is 29.3 Å². The number of aromatic nitrogens is 6. The standard InChI is InChI=1S/C26H25F4N7O3/c1-13-10-36(12-19(40-13)14-9-31-37(11-14)15-4-5-15)25-33-20(17-7-6-16(39-3)8-18(17)27)21-22(34-25)23(38)35(2)24(32-21)26(28,29)30/h6-9,11,13,15,19H,4-5,10,12H2,1-3H3. The first-order valence-corrected chi connectivity index (χ1v) is 12.7. The Balaban J connectivity index is 1.50. The average Bonchev–Trinajstić information content (AvgIpc) is 3.65. The van der Waals surface area contributed by atoms with Crippen molar-refractivity contribution in [1.29, 1.82) is 0 Å². The number of hydrogen-bond acceptors (Lipinski definition) is 8. The highest BCUT2D eigenvalue weighted by Crippen LogP contribution is 2.37. The second-order valence-electron chi connectivity index (χ2n) is 10.0. The van der Waals surface area contributed by atoms with E-state index in [0.717, 1.165) is 31.5 Å². The van der Waals surface area contributed by atoms with Crippen molar-refractivity contribution in [3.63, 3.8) is 0 Å². The summed E-state index contributed by atoms with van der Waals surface area (Å²) < 4.78 is 70.0. The van der Waals surface area contributed by atoms with Gasteiger partial charge >= 0.3 is 6.18 Å². The van der Waals surface area contributed by atoms with Crippen LogP contribution in [0.2, 0.25) is 0 Å². The Hall–Kier alpha value is -4.07. The second kappa shape index (κ2) is 9.54. The molecule has 1 aromatic carbocycles. The van der Waals surface area contributed by atoms with Gasteiger partial charge in [-0.05, 0) is 31.9 Å². The Morgan fingerprint density at radius 3 is 2.55 bits per heavy atom. The van der Waals surface area contributed by atoms with Crippen molar-refractivity contribution in [3.05, 3.63) is 58.2 Å². The number of hydrogen-bond donors (Lipinski definition) is 0. The zero-order valence-electron chi connectivity index (χ0n) is 21.8. The molecule has 210 valence electrons. The minimum Gasteiger partial charge on any atom is -0.497 e. The van der Waals surface area contributed by atoms with Crippen LogP contribution in [0.1, 0.15) is 43.3 Å². The van der Waals surface area contributed by atoms with Crippen LogP contribution in [-0.2, 0) is 18.0 Å². The zero-order valence-corrected chi connectivity index (χ0v) is 21.8. The van der Waals surface area contributed by atoms with Gasteiger partial charge in [0.05, 0.1) is 32.0 Å². The summed E-state index contributed by atoms with van der Waals surface area (Å²) in [5.74, 6) is -1.99. The number of nitrogens with zero attached hydrogens (tertiary/aromatic N) is 7. The van der Waals surface area contributed by atoms with E-state index in [4.69, 9.17) is 9.47 Å². The van der Waals surface area contributed by atoms with Crippen molar-refractivity contribution < 1.29 is 27.0 Å². The summed E-state index contributed by atoms with van der Waals surface area (Å²) in [6, 6.07) is 4.24. The number of ether oxygens (including phenoxy) is 2. The molecule has 2 aliphatic rings. The monoisotopic (exact) mass is 559 g/mol. The normalized spacial score (nSPS) is 19.8. The van der Waals surface area contributed by atoms with Gasteiger partial charge in [0.2, 0.25) is 11.8 Å². The molecule has 1 aliphatic carbocycles. The topological polar surface area (TPSA) is 100 Å². The fourth-order valence-electron chi connectivity index (χ4n) is 4.89. The molecule has 4 aromatic rings. The minimum absolute atomic E-state index is 0.0473. The van der Waals surface area contributed by atoms with Crippen LogP contribution in [0.25, 0.3) is 22.3 Å². The molecular formula is C26H25F4N7O3. The maximum Gasteiger partial charge on any atom is 0.449 e. The summed E-state index contributed by atoms with van der Waals surface area (Å²) in [6.45, 7) is 2.48. The SMILES string of the molecule is COc1ccc(-c2nc(N3CC(C)OC(c4cnn(C5CC5)c4)C3)nc3c(=O)n(C)c(C(F)(F)F)nc23)c(F)c1. The predicted octanol–water partition coefficient (Wildman–Crippen LogP) is 4.05. The Bertz CT molecular complexity index is 1660. The number of benzene rings is 1. The van der Waals surface area contributed by atoms with Crippen molar-refractivity contribution in [2.75, 3.05) is 25.1 Å². The summed E-state index contributed by atoms with van der Waals surface area (Å²) in [5.41, 5.74) is -1.36. The van der Waals surface area contributed by atoms with Crippen LogP contribution in [0.4, 0.5) is 23.5 Å². The van der Waals surface area contributed by atoms with Gasteiger partial charge in [-0.1, -0.05) is 0 Å². The Morgan fingerprint density at radius 1 is 1.10 bits per heavy atom. The number of fused-ring (bicyclic) bond motifs is 1. The summed E-state index contributed by atoms with van der Waals surface area (Å²) >= 11 is 0. The molecule has 0 bridgehead atoms. The van der Waals surface area contributed by atoms with E-state index in [2.05, 4.69) is 20.1 Å². The molecule has 1 saturated heterocycles. The van der Waals surface area contributed by atoms with Gasteiger partial charge in [0.15, 0.2) is 5.52 Å². The van der Waals surface area contributed by atoms with Crippen molar-refractivity contribution >= 4 is 17.0 Å². The van der Waals surface area contributed by atoms with E-state index >= 15 is 4.39 Å². The molecule has 6 rings (SSSR count). The van der Waals surface area contributed by atoms with Crippen molar-refractivity contribution in [3.8, 4) is 17.0 Å². The van der Waals surface area contributed by atoms with Gasteiger partial charge in [-0.25, -0.2) is 19.3 Å². The van der Waals surface area contributed by atoms with E-state index in [1.54, 1.807) is 11.1 Å². The van der Waals surface area contributed by atoms with E-state index < -0.39 is 35.0 Å². The number of anilines is 1. The smallest absolute Gasteiger partial charge is 0.449 e. The summed E-state index contributed by atoms with van der Waals surface area (Å²) in [7, 11) is 2.33. The third kappa shape index (κ3) is 4.65. The molecule has 3 aromatic heterocycles. The third-order valence-corrected chi connectivity index (χ3v) is 7.06. The number of rotatable bonds is 5. The molecule has 40 heavy (non-hydrogen) atoms. The highest BCUT2D eigenvalue weighted by atomic mass is 19.4. The molecule has 2 fully saturated rings. The van der Waals surface area contributed by atoms with E-state index in [0.29, 0.717) is 17.2 Å². The molecule has 0 radical (unpaired) electrons. The molecule has 2 atom stereocenters. The molecule has 14 heteroatoms. The lowest BCUT2D eigenvalue weighted by atomic mass is 10.1. The molecule has 0 spiro atoms. The fraction of sp³-hybridized carbons (Fsp3) is 0.423. The van der Waals surface area contributed by atoms with Gasteiger partial charge in [0, 0.05) is 37.0 Å². The van der Waals surface area contributed by atoms with Crippen LogP contribution in [0.3, 0.4) is 0 Å². The molecule has 1 aliphatic heterocycles. The van der Waals surface area contributed by atoms with Crippen LogP contribution in [-0.4, -0.2) is 55.6 Å². The van der Waals surface area contributed by atoms with Gasteiger partial charge in [-0.15, -0.1) is 0 Å². The van der Waals surface area contributed by atoms with E-state index in [1.807, 2.05) is 17.8 Å². The molecule has 1 saturated carbocycles. The van der Waals surface area contributed by atoms with Crippen LogP contribution in [0.15, 0.2) is 35.4 Å². The highest BCUT2D eigenvalue weighted by Gasteiger charge is 2.38. The van der Waals surface area contributed by atoms with Crippen LogP contribution < -0.4 is 15.2 Å². The Morgan fingerprint density at radius 2 is 1.88 bits per heavy atom. The maximum absolute atomic E-state index is 15.2. The van der Waals surface area contributed by atoms with Crippen LogP contribution >= 0.6 is 0 Å². The van der Waals surface area contributed by atoms with Crippen molar-refractivity contribution in [2.45, 2.75) is 44.2 Å². The van der Waals surface area contributed by atoms with Gasteiger partial charge in [-0.2, -0.15) is 18.3 Å². The number of halogens is 4. The molecule has 4 heterocycles. The predicted molar refractivity (Wildman–Crippen MR) is 136 cm³/mol. The quantitative estimate of drug-likeness (QED) is 0.338. The summed E-state index contributed by atoms with van der Waals surface area (Å²) in [6.07, 6.45) is 0.220. The first-order chi connectivity index (χ1) is 19.0. The minimum atomic E-state index is -4.94. The molecule has 0 amide bonds. The number of morpholine rings is 1. The van der Waals surface area contributed by atoms with Gasteiger partial charge in [0.25, 0.3) is 5.56 Å². The van der Waals surface area contributed by atoms with Crippen LogP contribution in [0.5, 0.6) is 5.75 Å². The Labute approximate surface area is 225 Å². The average molecular weight is 560 g/mol. The summed E-state index contributed by atoms with van der Waals surface area (Å²) in [4.78, 5) is 27.5. The zero-order chi connectivity index (χ0) is 28.3. The molecule has 0 N–H and O–H groups in total. The molecule has 10 nitrogen and oxygen atoms in total. The fourth-order valence-corrected chi connectivity index (χ4v) is 4.89. The lowest BCUT2D eigenvalue weighted by molar-refractivity contribution is -0.147. The van der Waals surface area contributed by atoms with E-state index in [9.17, 15) is 18.0 Å². The highest BCUT2D eigenvalue weighted by molar-refractivity contribution is 5.90. The Kier molecular flexibility index (Phi) is 6.24.